The first kappa shape index (κ1) is 30.4. The summed E-state index contributed by atoms with van der Waals surface area (Å²) in [6.07, 6.45) is 1.80. The van der Waals surface area contributed by atoms with Crippen LogP contribution in [0.2, 0.25) is 5.02 Å². The van der Waals surface area contributed by atoms with Crippen LogP contribution >= 0.6 is 22.9 Å². The van der Waals surface area contributed by atoms with E-state index in [-0.39, 0.29) is 17.7 Å². The number of esters is 1. The van der Waals surface area contributed by atoms with Crippen molar-refractivity contribution in [3.63, 3.8) is 0 Å². The Kier molecular flexibility index (Phi) is 8.87. The summed E-state index contributed by atoms with van der Waals surface area (Å²) in [6, 6.07) is 26.4. The number of carbonyl (C=O) groups is 1. The summed E-state index contributed by atoms with van der Waals surface area (Å²) < 4.78 is 19.5. The van der Waals surface area contributed by atoms with E-state index in [9.17, 15) is 9.59 Å². The molecule has 45 heavy (non-hydrogen) atoms. The van der Waals surface area contributed by atoms with Gasteiger partial charge in [-0.3, -0.25) is 9.36 Å². The van der Waals surface area contributed by atoms with Gasteiger partial charge in [-0.05, 0) is 72.5 Å². The Morgan fingerprint density at radius 3 is 2.53 bits per heavy atom. The maximum Gasteiger partial charge on any atom is 0.338 e. The summed E-state index contributed by atoms with van der Waals surface area (Å²) in [4.78, 5) is 32.3. The Balaban J connectivity index is 1.38. The van der Waals surface area contributed by atoms with Crippen molar-refractivity contribution in [2.24, 2.45) is 4.99 Å². The van der Waals surface area contributed by atoms with Gasteiger partial charge in [0.1, 0.15) is 12.6 Å². The van der Waals surface area contributed by atoms with Gasteiger partial charge < -0.3 is 14.2 Å². The van der Waals surface area contributed by atoms with E-state index in [2.05, 4.69) is 29.3 Å². The molecule has 1 aliphatic heterocycles. The maximum absolute atomic E-state index is 14.0. The lowest BCUT2D eigenvalue weighted by Crippen LogP contribution is -2.40. The molecule has 2 heterocycles. The molecule has 0 saturated heterocycles. The molecule has 0 spiro atoms. The Hall–Kier alpha value is -4.66. The van der Waals surface area contributed by atoms with Crippen LogP contribution in [-0.2, 0) is 16.1 Å². The third-order valence-corrected chi connectivity index (χ3v) is 8.87. The maximum atomic E-state index is 14.0. The predicted molar refractivity (Wildman–Crippen MR) is 178 cm³/mol. The van der Waals surface area contributed by atoms with Gasteiger partial charge in [-0.25, -0.2) is 9.79 Å². The van der Waals surface area contributed by atoms with Gasteiger partial charge in [-0.2, -0.15) is 0 Å². The van der Waals surface area contributed by atoms with E-state index in [0.29, 0.717) is 50.3 Å². The Morgan fingerprint density at radius 2 is 1.73 bits per heavy atom. The van der Waals surface area contributed by atoms with E-state index < -0.39 is 12.0 Å². The number of carbonyl (C=O) groups excluding carboxylic acids is 1. The second kappa shape index (κ2) is 13.1. The lowest BCUT2D eigenvalue weighted by Gasteiger charge is -2.25. The zero-order valence-corrected chi connectivity index (χ0v) is 26.7. The molecule has 0 aliphatic carbocycles. The number of allylic oxidation sites excluding steroid dienone is 1. The van der Waals surface area contributed by atoms with Crippen LogP contribution in [-0.4, -0.2) is 23.8 Å². The number of rotatable bonds is 9. The Bertz CT molecular complexity index is 2130. The van der Waals surface area contributed by atoms with Gasteiger partial charge in [-0.1, -0.05) is 89.7 Å². The summed E-state index contributed by atoms with van der Waals surface area (Å²) >= 11 is 7.86. The van der Waals surface area contributed by atoms with E-state index in [1.165, 1.54) is 15.9 Å². The molecule has 4 aromatic carbocycles. The van der Waals surface area contributed by atoms with Gasteiger partial charge in [0.15, 0.2) is 16.3 Å². The highest BCUT2D eigenvalue weighted by Crippen LogP contribution is 2.35. The van der Waals surface area contributed by atoms with Crippen LogP contribution in [0.3, 0.4) is 0 Å². The van der Waals surface area contributed by atoms with Crippen molar-refractivity contribution >= 4 is 45.8 Å². The summed E-state index contributed by atoms with van der Waals surface area (Å²) in [5.74, 6) is 0.656. The Morgan fingerprint density at radius 1 is 0.956 bits per heavy atom. The smallest absolute Gasteiger partial charge is 0.338 e. The van der Waals surface area contributed by atoms with Crippen LogP contribution < -0.4 is 24.4 Å². The monoisotopic (exact) mass is 638 g/mol. The normalized spacial score (nSPS) is 14.7. The average molecular weight is 639 g/mol. The zero-order chi connectivity index (χ0) is 31.5. The second-order valence-electron chi connectivity index (χ2n) is 10.4. The van der Waals surface area contributed by atoms with Gasteiger partial charge in [0, 0.05) is 5.02 Å². The molecule has 1 aliphatic rings. The highest BCUT2D eigenvalue weighted by Gasteiger charge is 2.34. The van der Waals surface area contributed by atoms with Crippen LogP contribution in [0, 0.1) is 0 Å². The number of benzene rings is 4. The number of aromatic nitrogens is 1. The lowest BCUT2D eigenvalue weighted by atomic mass is 9.96. The number of fused-ring (bicyclic) bond motifs is 2. The summed E-state index contributed by atoms with van der Waals surface area (Å²) in [7, 11) is 0. The van der Waals surface area contributed by atoms with E-state index in [4.69, 9.17) is 25.8 Å². The van der Waals surface area contributed by atoms with Gasteiger partial charge in [-0.15, -0.1) is 0 Å². The van der Waals surface area contributed by atoms with Crippen molar-refractivity contribution in [1.82, 2.24) is 4.57 Å². The standard InChI is InChI=1S/C36H31ClN2O5S/c1-4-42-30-19-23(17-18-29(30)44-21-25-13-10-12-24-11-6-7-14-26(24)25)20-31-34(40)39-33(27-15-8-9-16-28(27)37)32(35(41)43-5-2)22(3)38-36(39)45-31/h6-20,33H,4-5,21H2,1-3H3. The minimum Gasteiger partial charge on any atom is -0.490 e. The number of hydrogen-bond donors (Lipinski definition) is 0. The van der Waals surface area contributed by atoms with Crippen LogP contribution in [0.5, 0.6) is 11.5 Å². The van der Waals surface area contributed by atoms with Crippen molar-refractivity contribution in [3.8, 4) is 11.5 Å². The molecule has 1 aromatic heterocycles. The summed E-state index contributed by atoms with van der Waals surface area (Å²) in [6.45, 7) is 6.42. The molecule has 228 valence electrons. The lowest BCUT2D eigenvalue weighted by molar-refractivity contribution is -0.139. The highest BCUT2D eigenvalue weighted by atomic mass is 35.5. The minimum atomic E-state index is -0.778. The van der Waals surface area contributed by atoms with Gasteiger partial charge >= 0.3 is 5.97 Å². The molecule has 9 heteroatoms. The number of ether oxygens (including phenoxy) is 3. The Labute approximate surface area is 269 Å². The van der Waals surface area contributed by atoms with E-state index in [0.717, 1.165) is 21.9 Å². The molecule has 5 aromatic rings. The van der Waals surface area contributed by atoms with Crippen LogP contribution in [0.15, 0.2) is 106 Å². The van der Waals surface area contributed by atoms with E-state index in [1.807, 2.05) is 61.5 Å². The fourth-order valence-corrected chi connectivity index (χ4v) is 6.80. The molecule has 0 N–H and O–H groups in total. The topological polar surface area (TPSA) is 79.1 Å². The first-order valence-corrected chi connectivity index (χ1v) is 15.9. The third kappa shape index (κ3) is 6.03. The van der Waals surface area contributed by atoms with Crippen molar-refractivity contribution in [2.45, 2.75) is 33.4 Å². The molecule has 0 saturated carbocycles. The fourth-order valence-electron chi connectivity index (χ4n) is 5.51. The third-order valence-electron chi connectivity index (χ3n) is 7.55. The van der Waals surface area contributed by atoms with Gasteiger partial charge in [0.05, 0.1) is 29.0 Å². The SMILES string of the molecule is CCOC(=O)C1=C(C)N=c2sc(=Cc3ccc(OCc4cccc5ccccc45)c(OCC)c3)c(=O)n2C1c1ccccc1Cl. The molecule has 0 bridgehead atoms. The molecule has 7 nitrogen and oxygen atoms in total. The van der Waals surface area contributed by atoms with Crippen molar-refractivity contribution < 1.29 is 19.0 Å². The number of halogens is 1. The summed E-state index contributed by atoms with van der Waals surface area (Å²) in [5.41, 5.74) is 2.94. The molecule has 0 amide bonds. The predicted octanol–water partition coefficient (Wildman–Crippen LogP) is 6.58. The van der Waals surface area contributed by atoms with Crippen LogP contribution in [0.1, 0.15) is 43.5 Å². The second-order valence-corrected chi connectivity index (χ2v) is 11.8. The minimum absolute atomic E-state index is 0.194. The van der Waals surface area contributed by atoms with Gasteiger partial charge in [0.2, 0.25) is 0 Å². The van der Waals surface area contributed by atoms with Crippen molar-refractivity contribution in [3.05, 3.63) is 138 Å². The average Bonchev–Trinajstić information content (AvgIpc) is 3.34. The number of hydrogen-bond acceptors (Lipinski definition) is 7. The van der Waals surface area contributed by atoms with E-state index >= 15 is 0 Å². The van der Waals surface area contributed by atoms with Crippen LogP contribution in [0.25, 0.3) is 16.8 Å². The fraction of sp³-hybridized carbons (Fsp3) is 0.194. The zero-order valence-electron chi connectivity index (χ0n) is 25.1. The molecule has 1 atom stereocenters. The summed E-state index contributed by atoms with van der Waals surface area (Å²) in [5, 5.41) is 2.73. The quantitative estimate of drug-likeness (QED) is 0.170. The largest absolute Gasteiger partial charge is 0.490 e. The molecule has 1 unspecified atom stereocenters. The van der Waals surface area contributed by atoms with Gasteiger partial charge in [0.25, 0.3) is 5.56 Å². The molecule has 6 rings (SSSR count). The number of thiazole rings is 1. The van der Waals surface area contributed by atoms with Crippen molar-refractivity contribution in [2.75, 3.05) is 13.2 Å². The van der Waals surface area contributed by atoms with Crippen molar-refractivity contribution in [1.29, 1.82) is 0 Å². The molecule has 0 fully saturated rings. The highest BCUT2D eigenvalue weighted by molar-refractivity contribution is 7.07. The molecular formula is C36H31ClN2O5S. The number of nitrogens with zero attached hydrogens (tertiary/aromatic N) is 2. The molecule has 0 radical (unpaired) electrons. The molecular weight excluding hydrogens is 608 g/mol. The van der Waals surface area contributed by atoms with E-state index in [1.54, 1.807) is 26.0 Å². The first-order chi connectivity index (χ1) is 21.9. The van der Waals surface area contributed by atoms with Crippen LogP contribution in [0.4, 0.5) is 0 Å². The first-order valence-electron chi connectivity index (χ1n) is 14.7.